The molecule has 0 saturated heterocycles. The zero-order chi connectivity index (χ0) is 27.8. The zero-order valence-electron chi connectivity index (χ0n) is 22.9. The molecule has 0 aliphatic rings. The fourth-order valence-corrected chi connectivity index (χ4v) is 3.75. The van der Waals surface area contributed by atoms with E-state index in [1.807, 2.05) is 44.2 Å². The molecule has 38 heavy (non-hydrogen) atoms. The predicted molar refractivity (Wildman–Crippen MR) is 156 cm³/mol. The first-order valence-electron chi connectivity index (χ1n) is 12.5. The first kappa shape index (κ1) is 28.1. The van der Waals surface area contributed by atoms with Crippen LogP contribution in [0.3, 0.4) is 0 Å². The number of hydrogen-bond donors (Lipinski definition) is 2. The van der Waals surface area contributed by atoms with Gasteiger partial charge in [-0.05, 0) is 55.3 Å². The van der Waals surface area contributed by atoms with Crippen molar-refractivity contribution in [3.8, 4) is 11.1 Å². The van der Waals surface area contributed by atoms with Gasteiger partial charge in [0.2, 0.25) is 11.5 Å². The van der Waals surface area contributed by atoms with E-state index >= 15 is 0 Å². The number of nitrogens with zero attached hydrogens (tertiary/aromatic N) is 3. The van der Waals surface area contributed by atoms with Crippen molar-refractivity contribution in [2.75, 3.05) is 12.4 Å². The van der Waals surface area contributed by atoms with Gasteiger partial charge in [0.25, 0.3) is 5.56 Å². The number of aliphatic imine (C=N–C) groups is 1. The Morgan fingerprint density at radius 3 is 2.47 bits per heavy atom. The third kappa shape index (κ3) is 6.64. The molecule has 198 valence electrons. The highest BCUT2D eigenvalue weighted by molar-refractivity contribution is 5.93. The van der Waals surface area contributed by atoms with Gasteiger partial charge in [0, 0.05) is 41.6 Å². The monoisotopic (exact) mass is 513 g/mol. The maximum Gasteiger partial charge on any atom is 0.258 e. The van der Waals surface area contributed by atoms with Crippen molar-refractivity contribution in [3.63, 3.8) is 0 Å². The number of fused-ring (bicyclic) bond motifs is 1. The molecule has 0 spiro atoms. The third-order valence-corrected chi connectivity index (χ3v) is 5.99. The Bertz CT molecular complexity index is 1600. The minimum Gasteiger partial charge on any atom is -0.479 e. The van der Waals surface area contributed by atoms with E-state index in [-0.39, 0.29) is 17.0 Å². The SMILES string of the molecule is C=C(/N=C(\OC)c1cccc(=O)[nH]1)Nc1ccc(C)c(-c2cc3cnc(C)cc3n(C)c2=O)c1.CCCC. The summed E-state index contributed by atoms with van der Waals surface area (Å²) in [6.45, 7) is 12.2. The van der Waals surface area contributed by atoms with Crippen LogP contribution in [0.1, 0.15) is 43.6 Å². The lowest BCUT2D eigenvalue weighted by Crippen LogP contribution is -2.19. The number of unbranched alkanes of at least 4 members (excludes halogenated alkanes) is 1. The number of rotatable bonds is 6. The van der Waals surface area contributed by atoms with E-state index in [1.54, 1.807) is 29.9 Å². The van der Waals surface area contributed by atoms with Crippen LogP contribution < -0.4 is 16.4 Å². The third-order valence-electron chi connectivity index (χ3n) is 5.99. The van der Waals surface area contributed by atoms with E-state index in [9.17, 15) is 9.59 Å². The first-order valence-corrected chi connectivity index (χ1v) is 12.5. The number of anilines is 1. The van der Waals surface area contributed by atoms with E-state index in [1.165, 1.54) is 26.0 Å². The van der Waals surface area contributed by atoms with Crippen LogP contribution in [0.25, 0.3) is 22.0 Å². The molecule has 2 N–H and O–H groups in total. The second kappa shape index (κ2) is 12.7. The van der Waals surface area contributed by atoms with Crippen molar-refractivity contribution >= 4 is 22.5 Å². The van der Waals surface area contributed by atoms with Crippen molar-refractivity contribution < 1.29 is 4.74 Å². The molecule has 8 nitrogen and oxygen atoms in total. The highest BCUT2D eigenvalue weighted by Gasteiger charge is 2.13. The average molecular weight is 514 g/mol. The number of hydrogen-bond acceptors (Lipinski definition) is 6. The van der Waals surface area contributed by atoms with Gasteiger partial charge in [0.15, 0.2) is 0 Å². The molecule has 0 bridgehead atoms. The van der Waals surface area contributed by atoms with Gasteiger partial charge in [0.1, 0.15) is 11.5 Å². The minimum absolute atomic E-state index is 0.0927. The molecule has 0 fully saturated rings. The van der Waals surface area contributed by atoms with Crippen LogP contribution in [-0.2, 0) is 11.8 Å². The molecule has 0 radical (unpaired) electrons. The highest BCUT2D eigenvalue weighted by Crippen LogP contribution is 2.27. The van der Waals surface area contributed by atoms with Gasteiger partial charge in [-0.1, -0.05) is 45.4 Å². The molecule has 8 heteroatoms. The first-order chi connectivity index (χ1) is 18.2. The van der Waals surface area contributed by atoms with E-state index in [2.05, 4.69) is 40.7 Å². The molecule has 0 unspecified atom stereocenters. The number of aromatic nitrogens is 3. The molecule has 0 aliphatic heterocycles. The fraction of sp³-hybridized carbons (Fsp3) is 0.267. The van der Waals surface area contributed by atoms with Crippen molar-refractivity contribution in [1.29, 1.82) is 0 Å². The van der Waals surface area contributed by atoms with Crippen molar-refractivity contribution in [1.82, 2.24) is 14.5 Å². The van der Waals surface area contributed by atoms with Crippen molar-refractivity contribution in [2.45, 2.75) is 40.5 Å². The zero-order valence-corrected chi connectivity index (χ0v) is 22.9. The Kier molecular flexibility index (Phi) is 9.38. The summed E-state index contributed by atoms with van der Waals surface area (Å²) in [6, 6.07) is 14.2. The molecular weight excluding hydrogens is 478 g/mol. The molecule has 3 aromatic heterocycles. The highest BCUT2D eigenvalue weighted by atomic mass is 16.5. The predicted octanol–water partition coefficient (Wildman–Crippen LogP) is 5.69. The summed E-state index contributed by atoms with van der Waals surface area (Å²) < 4.78 is 6.97. The normalized spacial score (nSPS) is 11.1. The Balaban J connectivity index is 0.000000934. The Hall–Kier alpha value is -4.46. The van der Waals surface area contributed by atoms with Crippen molar-refractivity contribution in [2.24, 2.45) is 12.0 Å². The standard InChI is InChI=1S/C26H25N5O3.C4H10/c1-15-9-10-19(28-17(3)29-25(34-5)22-7-6-8-24(32)30-22)13-20(15)21-12-18-14-27-16(2)11-23(18)31(4)26(21)33;1-3-4-2/h6-14,28H,3H2,1-2,4-5H3,(H,30,32);3-4H2,1-2H3/b29-25-;. The summed E-state index contributed by atoms with van der Waals surface area (Å²) >= 11 is 0. The molecule has 4 aromatic rings. The van der Waals surface area contributed by atoms with Crippen LogP contribution in [-0.4, -0.2) is 27.5 Å². The topological polar surface area (TPSA) is 101 Å². The van der Waals surface area contributed by atoms with Crippen LogP contribution in [0, 0.1) is 13.8 Å². The average Bonchev–Trinajstić information content (AvgIpc) is 2.91. The summed E-state index contributed by atoms with van der Waals surface area (Å²) in [5.74, 6) is 0.524. The van der Waals surface area contributed by atoms with Gasteiger partial charge < -0.3 is 19.6 Å². The van der Waals surface area contributed by atoms with Crippen LogP contribution in [0.2, 0.25) is 0 Å². The number of methoxy groups -OCH3 is 1. The second-order valence-electron chi connectivity index (χ2n) is 8.96. The summed E-state index contributed by atoms with van der Waals surface area (Å²) in [7, 11) is 3.23. The molecule has 0 saturated carbocycles. The molecule has 0 atom stereocenters. The van der Waals surface area contributed by atoms with Crippen LogP contribution in [0.5, 0.6) is 0 Å². The van der Waals surface area contributed by atoms with Crippen LogP contribution in [0.4, 0.5) is 5.69 Å². The number of ether oxygens (including phenoxy) is 1. The fourth-order valence-electron chi connectivity index (χ4n) is 3.75. The smallest absolute Gasteiger partial charge is 0.258 e. The number of pyridine rings is 3. The Morgan fingerprint density at radius 1 is 1.08 bits per heavy atom. The maximum absolute atomic E-state index is 13.2. The van der Waals surface area contributed by atoms with Crippen molar-refractivity contribution in [3.05, 3.63) is 105 Å². The molecular formula is C30H35N5O3. The Morgan fingerprint density at radius 2 is 1.82 bits per heavy atom. The number of aromatic amines is 1. The van der Waals surface area contributed by atoms with Crippen LogP contribution in [0.15, 0.2) is 81.7 Å². The van der Waals surface area contributed by atoms with Gasteiger partial charge >= 0.3 is 0 Å². The lowest BCUT2D eigenvalue weighted by molar-refractivity contribution is 0.402. The van der Waals surface area contributed by atoms with Gasteiger partial charge in [-0.25, -0.2) is 0 Å². The molecule has 1 aromatic carbocycles. The van der Waals surface area contributed by atoms with E-state index in [4.69, 9.17) is 4.74 Å². The Labute approximate surface area is 222 Å². The summed E-state index contributed by atoms with van der Waals surface area (Å²) in [4.78, 5) is 36.2. The number of H-pyrrole nitrogens is 1. The summed E-state index contributed by atoms with van der Waals surface area (Å²) in [5.41, 5.74) is 4.81. The summed E-state index contributed by atoms with van der Waals surface area (Å²) in [6.07, 6.45) is 4.42. The minimum atomic E-state index is -0.258. The van der Waals surface area contributed by atoms with Gasteiger partial charge in [-0.3, -0.25) is 14.6 Å². The van der Waals surface area contributed by atoms with Gasteiger partial charge in [0.05, 0.1) is 12.6 Å². The lowest BCUT2D eigenvalue weighted by atomic mass is 9.99. The summed E-state index contributed by atoms with van der Waals surface area (Å²) in [5, 5.41) is 4.02. The molecule has 4 rings (SSSR count). The molecule has 3 heterocycles. The number of benzene rings is 1. The quantitative estimate of drug-likeness (QED) is 0.255. The lowest BCUT2D eigenvalue weighted by Gasteiger charge is -2.14. The number of nitrogens with one attached hydrogen (secondary N) is 2. The molecule has 0 aliphatic carbocycles. The molecule has 0 amide bonds. The van der Waals surface area contributed by atoms with Gasteiger partial charge in [-0.2, -0.15) is 4.99 Å². The van der Waals surface area contributed by atoms with Gasteiger partial charge in [-0.15, -0.1) is 0 Å². The second-order valence-corrected chi connectivity index (χ2v) is 8.96. The van der Waals surface area contributed by atoms with E-state index < -0.39 is 0 Å². The largest absolute Gasteiger partial charge is 0.479 e. The van der Waals surface area contributed by atoms with Crippen LogP contribution >= 0.6 is 0 Å². The maximum atomic E-state index is 13.2. The van der Waals surface area contributed by atoms with E-state index in [0.29, 0.717) is 22.8 Å². The van der Waals surface area contributed by atoms with E-state index in [0.717, 1.165) is 27.7 Å². The number of aryl methyl sites for hydroxylation is 3.